The Hall–Kier alpha value is -1.17. The lowest BCUT2D eigenvalue weighted by molar-refractivity contribution is -0.132. The molecule has 0 spiro atoms. The first-order valence-corrected chi connectivity index (χ1v) is 7.99. The molecule has 102 valence electrons. The van der Waals surface area contributed by atoms with Crippen LogP contribution in [0.4, 0.5) is 0 Å². The molecule has 2 aromatic rings. The van der Waals surface area contributed by atoms with Crippen LogP contribution in [-0.2, 0) is 17.9 Å². The second kappa shape index (κ2) is 6.84. The van der Waals surface area contributed by atoms with Crippen molar-refractivity contribution in [3.8, 4) is 0 Å². The van der Waals surface area contributed by atoms with Gasteiger partial charge in [-0.25, -0.2) is 0 Å². The van der Waals surface area contributed by atoms with Crippen molar-refractivity contribution < 1.29 is 4.79 Å². The van der Waals surface area contributed by atoms with Crippen molar-refractivity contribution in [2.75, 3.05) is 0 Å². The van der Waals surface area contributed by atoms with Gasteiger partial charge in [0.1, 0.15) is 0 Å². The summed E-state index contributed by atoms with van der Waals surface area (Å²) < 4.78 is 0. The topological polar surface area (TPSA) is 46.3 Å². The molecule has 2 rings (SSSR count). The van der Waals surface area contributed by atoms with Gasteiger partial charge in [-0.1, -0.05) is 12.1 Å². The molecular weight excluding hydrogens is 276 g/mol. The summed E-state index contributed by atoms with van der Waals surface area (Å²) in [7, 11) is 0. The number of nitrogens with zero attached hydrogens (tertiary/aromatic N) is 1. The number of rotatable bonds is 6. The van der Waals surface area contributed by atoms with Crippen molar-refractivity contribution in [2.24, 2.45) is 5.73 Å². The van der Waals surface area contributed by atoms with Crippen molar-refractivity contribution in [3.05, 3.63) is 44.8 Å². The summed E-state index contributed by atoms with van der Waals surface area (Å²) in [6, 6.07) is 8.05. The van der Waals surface area contributed by atoms with Crippen LogP contribution in [0.3, 0.4) is 0 Å². The minimum atomic E-state index is -0.0957. The van der Waals surface area contributed by atoms with E-state index in [1.807, 2.05) is 34.7 Å². The van der Waals surface area contributed by atoms with E-state index >= 15 is 0 Å². The zero-order valence-electron chi connectivity index (χ0n) is 10.9. The molecule has 0 aliphatic carbocycles. The van der Waals surface area contributed by atoms with Crippen LogP contribution in [0.25, 0.3) is 0 Å². The van der Waals surface area contributed by atoms with Gasteiger partial charge in [-0.3, -0.25) is 4.79 Å². The Balaban J connectivity index is 2.05. The van der Waals surface area contributed by atoms with E-state index in [4.69, 9.17) is 5.73 Å². The molecule has 2 N–H and O–H groups in total. The molecule has 0 aromatic carbocycles. The average Bonchev–Trinajstić information content (AvgIpc) is 2.99. The lowest BCUT2D eigenvalue weighted by Crippen LogP contribution is -2.33. The highest BCUT2D eigenvalue weighted by atomic mass is 32.1. The highest BCUT2D eigenvalue weighted by Gasteiger charge is 2.16. The zero-order valence-corrected chi connectivity index (χ0v) is 12.5. The Morgan fingerprint density at radius 2 is 1.74 bits per heavy atom. The smallest absolute Gasteiger partial charge is 0.224 e. The molecule has 2 aromatic heterocycles. The second-order valence-corrected chi connectivity index (χ2v) is 6.65. The molecule has 1 atom stereocenters. The third-order valence-corrected chi connectivity index (χ3v) is 4.43. The third kappa shape index (κ3) is 4.45. The highest BCUT2D eigenvalue weighted by molar-refractivity contribution is 7.10. The minimum Gasteiger partial charge on any atom is -0.332 e. The maximum absolute atomic E-state index is 12.3. The van der Waals surface area contributed by atoms with Gasteiger partial charge < -0.3 is 10.6 Å². The van der Waals surface area contributed by atoms with Gasteiger partial charge >= 0.3 is 0 Å². The van der Waals surface area contributed by atoms with Crippen LogP contribution < -0.4 is 5.73 Å². The summed E-state index contributed by atoms with van der Waals surface area (Å²) in [4.78, 5) is 16.6. The van der Waals surface area contributed by atoms with E-state index < -0.39 is 0 Å². The van der Waals surface area contributed by atoms with Crippen molar-refractivity contribution in [1.82, 2.24) is 4.90 Å². The molecular formula is C14H18N2OS2. The molecule has 0 radical (unpaired) electrons. The van der Waals surface area contributed by atoms with E-state index in [0.717, 1.165) is 0 Å². The predicted octanol–water partition coefficient (Wildman–Crippen LogP) is 3.08. The number of carbonyl (C=O) groups is 1. The lowest BCUT2D eigenvalue weighted by Gasteiger charge is -2.22. The van der Waals surface area contributed by atoms with Gasteiger partial charge in [-0.15, -0.1) is 22.7 Å². The molecule has 1 amide bonds. The fraction of sp³-hybridized carbons (Fsp3) is 0.357. The van der Waals surface area contributed by atoms with E-state index in [-0.39, 0.29) is 11.9 Å². The van der Waals surface area contributed by atoms with Crippen LogP contribution in [-0.4, -0.2) is 16.8 Å². The van der Waals surface area contributed by atoms with E-state index in [0.29, 0.717) is 19.5 Å². The number of amides is 1. The Kier molecular flexibility index (Phi) is 5.13. The van der Waals surface area contributed by atoms with Gasteiger partial charge in [0, 0.05) is 22.2 Å². The summed E-state index contributed by atoms with van der Waals surface area (Å²) in [5.41, 5.74) is 5.74. The normalized spacial score (nSPS) is 12.3. The number of carbonyl (C=O) groups excluding carboxylic acids is 1. The standard InChI is InChI=1S/C14H18N2OS2/c1-11(15)8-14(17)16(9-12-4-2-6-18-12)10-13-5-3-7-19-13/h2-7,11H,8-10,15H2,1H3. The number of hydrogen-bond donors (Lipinski definition) is 1. The van der Waals surface area contributed by atoms with Gasteiger partial charge in [-0.2, -0.15) is 0 Å². The van der Waals surface area contributed by atoms with Crippen LogP contribution in [0.15, 0.2) is 35.0 Å². The van der Waals surface area contributed by atoms with E-state index in [1.54, 1.807) is 22.7 Å². The van der Waals surface area contributed by atoms with Crippen LogP contribution in [0, 0.1) is 0 Å². The summed E-state index contributed by atoms with van der Waals surface area (Å²) >= 11 is 3.36. The fourth-order valence-corrected chi connectivity index (χ4v) is 3.26. The van der Waals surface area contributed by atoms with E-state index in [1.165, 1.54) is 9.75 Å². The molecule has 2 heterocycles. The molecule has 3 nitrogen and oxygen atoms in total. The molecule has 5 heteroatoms. The van der Waals surface area contributed by atoms with Crippen LogP contribution in [0.2, 0.25) is 0 Å². The van der Waals surface area contributed by atoms with Gasteiger partial charge in [0.05, 0.1) is 13.1 Å². The monoisotopic (exact) mass is 294 g/mol. The lowest BCUT2D eigenvalue weighted by atomic mass is 10.2. The summed E-state index contributed by atoms with van der Waals surface area (Å²) in [5, 5.41) is 4.07. The predicted molar refractivity (Wildman–Crippen MR) is 81.2 cm³/mol. The fourth-order valence-electron chi connectivity index (χ4n) is 1.82. The molecule has 0 fully saturated rings. The van der Waals surface area contributed by atoms with Gasteiger partial charge in [0.2, 0.25) is 5.91 Å². The first kappa shape index (κ1) is 14.2. The SMILES string of the molecule is CC(N)CC(=O)N(Cc1cccs1)Cc1cccs1. The zero-order chi connectivity index (χ0) is 13.7. The average molecular weight is 294 g/mol. The van der Waals surface area contributed by atoms with E-state index in [9.17, 15) is 4.79 Å². The maximum Gasteiger partial charge on any atom is 0.224 e. The number of hydrogen-bond acceptors (Lipinski definition) is 4. The maximum atomic E-state index is 12.3. The molecule has 0 aliphatic heterocycles. The summed E-state index contributed by atoms with van der Waals surface area (Å²) in [6.07, 6.45) is 0.400. The van der Waals surface area contributed by atoms with Crippen LogP contribution in [0.5, 0.6) is 0 Å². The van der Waals surface area contributed by atoms with Gasteiger partial charge in [0.25, 0.3) is 0 Å². The molecule has 0 saturated heterocycles. The van der Waals surface area contributed by atoms with Crippen LogP contribution in [0.1, 0.15) is 23.1 Å². The molecule has 19 heavy (non-hydrogen) atoms. The quantitative estimate of drug-likeness (QED) is 0.890. The number of thiophene rings is 2. The minimum absolute atomic E-state index is 0.0957. The van der Waals surface area contributed by atoms with Crippen molar-refractivity contribution >= 4 is 28.6 Å². The molecule has 0 bridgehead atoms. The summed E-state index contributed by atoms with van der Waals surface area (Å²) in [6.45, 7) is 3.20. The Labute approximate surface area is 121 Å². The van der Waals surface area contributed by atoms with Gasteiger partial charge in [0.15, 0.2) is 0 Å². The largest absolute Gasteiger partial charge is 0.332 e. The summed E-state index contributed by atoms with van der Waals surface area (Å²) in [5.74, 6) is 0.122. The Bertz CT molecular complexity index is 455. The number of nitrogens with two attached hydrogens (primary N) is 1. The van der Waals surface area contributed by atoms with E-state index in [2.05, 4.69) is 12.1 Å². The van der Waals surface area contributed by atoms with Crippen molar-refractivity contribution in [3.63, 3.8) is 0 Å². The second-order valence-electron chi connectivity index (χ2n) is 4.59. The Morgan fingerprint density at radius 1 is 1.21 bits per heavy atom. The van der Waals surface area contributed by atoms with Crippen LogP contribution >= 0.6 is 22.7 Å². The first-order valence-electron chi connectivity index (χ1n) is 6.23. The Morgan fingerprint density at radius 3 is 2.11 bits per heavy atom. The molecule has 0 aliphatic rings. The van der Waals surface area contributed by atoms with Crippen molar-refractivity contribution in [2.45, 2.75) is 32.5 Å². The first-order chi connectivity index (χ1) is 9.15. The molecule has 0 saturated carbocycles. The molecule has 1 unspecified atom stereocenters. The highest BCUT2D eigenvalue weighted by Crippen LogP contribution is 2.18. The van der Waals surface area contributed by atoms with Crippen molar-refractivity contribution in [1.29, 1.82) is 0 Å². The third-order valence-electron chi connectivity index (χ3n) is 2.70. The van der Waals surface area contributed by atoms with Gasteiger partial charge in [-0.05, 0) is 29.8 Å².